The Morgan fingerprint density at radius 2 is 2.04 bits per heavy atom. The topological polar surface area (TPSA) is 77.4 Å². The molecule has 2 aromatic rings. The highest BCUT2D eigenvalue weighted by atomic mass is 79.9. The average Bonchev–Trinajstić information content (AvgIpc) is 2.84. The van der Waals surface area contributed by atoms with E-state index in [1.54, 1.807) is 6.92 Å². The molecule has 1 amide bonds. The Labute approximate surface area is 163 Å². The van der Waals surface area contributed by atoms with Gasteiger partial charge in [0, 0.05) is 24.3 Å². The normalized spacial score (nSPS) is 16.0. The fraction of sp³-hybridized carbons (Fsp3) is 0.353. The van der Waals surface area contributed by atoms with E-state index in [-0.39, 0.29) is 29.1 Å². The minimum atomic E-state index is -3.94. The molecule has 1 aliphatic rings. The molecule has 0 atom stereocenters. The number of amides is 1. The van der Waals surface area contributed by atoms with Crippen molar-refractivity contribution in [3.63, 3.8) is 0 Å². The van der Waals surface area contributed by atoms with E-state index in [4.69, 9.17) is 4.74 Å². The Bertz CT molecular complexity index is 1020. The van der Waals surface area contributed by atoms with Gasteiger partial charge in [-0.25, -0.2) is 17.2 Å². The number of hydrogen-bond acceptors (Lipinski definition) is 4. The summed E-state index contributed by atoms with van der Waals surface area (Å²) < 4.78 is 59.6. The van der Waals surface area contributed by atoms with E-state index >= 15 is 0 Å². The summed E-state index contributed by atoms with van der Waals surface area (Å²) in [6, 6.07) is 3.77. The first kappa shape index (κ1) is 20.0. The second-order valence-electron chi connectivity index (χ2n) is 6.91. The van der Waals surface area contributed by atoms with Crippen molar-refractivity contribution in [1.82, 2.24) is 4.57 Å². The molecule has 0 unspecified atom stereocenters. The van der Waals surface area contributed by atoms with Crippen LogP contribution >= 0.6 is 15.9 Å². The minimum Gasteiger partial charge on any atom is -0.380 e. The number of ether oxygens (including phenoxy) is 1. The maximum atomic E-state index is 14.8. The van der Waals surface area contributed by atoms with Crippen molar-refractivity contribution in [2.45, 2.75) is 11.8 Å². The van der Waals surface area contributed by atoms with Gasteiger partial charge in [-0.1, -0.05) is 6.92 Å². The van der Waals surface area contributed by atoms with Crippen LogP contribution in [0.2, 0.25) is 0 Å². The molecule has 1 fully saturated rings. The lowest BCUT2D eigenvalue weighted by Crippen LogP contribution is -2.45. The molecule has 6 nitrogen and oxygen atoms in total. The number of carbonyl (C=O) groups is 1. The number of benzene rings is 1. The second-order valence-corrected chi connectivity index (χ2v) is 9.72. The number of nitrogens with zero attached hydrogens (tertiary/aromatic N) is 1. The largest absolute Gasteiger partial charge is 0.380 e. The van der Waals surface area contributed by atoms with Crippen molar-refractivity contribution in [1.29, 1.82) is 0 Å². The van der Waals surface area contributed by atoms with Gasteiger partial charge in [-0.15, -0.1) is 0 Å². The summed E-state index contributed by atoms with van der Waals surface area (Å²) in [5, 5.41) is 2.43. The lowest BCUT2D eigenvalue weighted by Gasteiger charge is -2.37. The quantitative estimate of drug-likeness (QED) is 0.740. The van der Waals surface area contributed by atoms with Crippen LogP contribution in [0.4, 0.5) is 14.5 Å². The Kier molecular flexibility index (Phi) is 5.17. The van der Waals surface area contributed by atoms with E-state index in [1.807, 2.05) is 0 Å². The van der Waals surface area contributed by atoms with Crippen molar-refractivity contribution in [3.05, 3.63) is 46.2 Å². The highest BCUT2D eigenvalue weighted by Crippen LogP contribution is 2.32. The van der Waals surface area contributed by atoms with Crippen LogP contribution in [0.3, 0.4) is 0 Å². The van der Waals surface area contributed by atoms with E-state index in [0.717, 1.165) is 16.8 Å². The van der Waals surface area contributed by atoms with E-state index in [2.05, 4.69) is 21.2 Å². The predicted molar refractivity (Wildman–Crippen MR) is 98.4 cm³/mol. The van der Waals surface area contributed by atoms with Crippen LogP contribution in [0.15, 0.2) is 33.8 Å². The highest BCUT2D eigenvalue weighted by molar-refractivity contribution is 9.10. The molecule has 27 heavy (non-hydrogen) atoms. The summed E-state index contributed by atoms with van der Waals surface area (Å²) in [7, 11) is -2.56. The fourth-order valence-corrected chi connectivity index (χ4v) is 5.19. The Morgan fingerprint density at radius 1 is 1.37 bits per heavy atom. The number of sulfone groups is 1. The maximum Gasteiger partial charge on any atom is 0.275 e. The van der Waals surface area contributed by atoms with Gasteiger partial charge in [-0.05, 0) is 34.1 Å². The van der Waals surface area contributed by atoms with Gasteiger partial charge in [0.1, 0.15) is 16.4 Å². The average molecular weight is 463 g/mol. The zero-order valence-electron chi connectivity index (χ0n) is 14.6. The van der Waals surface area contributed by atoms with Crippen LogP contribution in [0.5, 0.6) is 0 Å². The molecule has 0 aliphatic carbocycles. The van der Waals surface area contributed by atoms with E-state index in [1.165, 1.54) is 19.2 Å². The molecule has 1 N–H and O–H groups in total. The SMILES string of the molecule is Cn1cc(S(=O)(=O)CC2(C)COC2)c(F)c1C(=O)Nc1ccc(F)c(Br)c1. The molecular formula is C17H17BrF2N2O4S. The third kappa shape index (κ3) is 3.92. The first-order valence-corrected chi connectivity index (χ1v) is 10.4. The molecule has 0 saturated carbocycles. The first-order chi connectivity index (χ1) is 12.5. The summed E-state index contributed by atoms with van der Waals surface area (Å²) >= 11 is 3.00. The molecule has 146 valence electrons. The van der Waals surface area contributed by atoms with E-state index in [9.17, 15) is 22.0 Å². The van der Waals surface area contributed by atoms with Crippen LogP contribution in [0.1, 0.15) is 17.4 Å². The van der Waals surface area contributed by atoms with Gasteiger partial charge < -0.3 is 14.6 Å². The van der Waals surface area contributed by atoms with Gasteiger partial charge in [0.25, 0.3) is 5.91 Å². The zero-order chi connectivity index (χ0) is 20.0. The maximum absolute atomic E-state index is 14.8. The van der Waals surface area contributed by atoms with E-state index in [0.29, 0.717) is 0 Å². The number of anilines is 1. The van der Waals surface area contributed by atoms with Gasteiger partial charge in [0.2, 0.25) is 0 Å². The standard InChI is InChI=1S/C17H17BrF2N2O4S/c1-17(7-26-8-17)9-27(24,25)13-6-22(2)15(14(13)20)16(23)21-10-3-4-12(19)11(18)5-10/h3-6H,7-9H2,1-2H3,(H,21,23). The molecule has 1 aliphatic heterocycles. The van der Waals surface area contributed by atoms with Gasteiger partial charge in [-0.2, -0.15) is 0 Å². The van der Waals surface area contributed by atoms with Gasteiger partial charge in [0.05, 0.1) is 23.4 Å². The number of aryl methyl sites for hydroxylation is 1. The summed E-state index contributed by atoms with van der Waals surface area (Å²) in [4.78, 5) is 11.9. The molecule has 0 bridgehead atoms. The zero-order valence-corrected chi connectivity index (χ0v) is 17.0. The van der Waals surface area contributed by atoms with Crippen molar-refractivity contribution in [2.24, 2.45) is 12.5 Å². The van der Waals surface area contributed by atoms with E-state index < -0.39 is 43.4 Å². The number of nitrogens with one attached hydrogen (secondary N) is 1. The van der Waals surface area contributed by atoms with Crippen LogP contribution in [-0.4, -0.2) is 37.9 Å². The van der Waals surface area contributed by atoms with Crippen molar-refractivity contribution >= 4 is 37.4 Å². The molecule has 10 heteroatoms. The molecule has 0 radical (unpaired) electrons. The van der Waals surface area contributed by atoms with Crippen molar-refractivity contribution < 1.29 is 26.7 Å². The summed E-state index contributed by atoms with van der Waals surface area (Å²) in [5.74, 6) is -2.74. The first-order valence-electron chi connectivity index (χ1n) is 7.94. The predicted octanol–water partition coefficient (Wildman–Crippen LogP) is 3.13. The summed E-state index contributed by atoms with van der Waals surface area (Å²) in [6.07, 6.45) is 1.09. The lowest BCUT2D eigenvalue weighted by molar-refractivity contribution is -0.0870. The number of rotatable bonds is 5. The van der Waals surface area contributed by atoms with Gasteiger partial charge in [-0.3, -0.25) is 4.79 Å². The summed E-state index contributed by atoms with van der Waals surface area (Å²) in [5.41, 5.74) is -0.759. The molecule has 2 heterocycles. The Morgan fingerprint density at radius 3 is 2.59 bits per heavy atom. The number of aromatic nitrogens is 1. The fourth-order valence-electron chi connectivity index (χ4n) is 2.88. The molecule has 3 rings (SSSR count). The molecule has 0 spiro atoms. The number of carbonyl (C=O) groups excluding carboxylic acids is 1. The van der Waals surface area contributed by atoms with Crippen molar-refractivity contribution in [3.8, 4) is 0 Å². The molecular weight excluding hydrogens is 446 g/mol. The van der Waals surface area contributed by atoms with Crippen molar-refractivity contribution in [2.75, 3.05) is 24.3 Å². The lowest BCUT2D eigenvalue weighted by atomic mass is 9.92. The monoisotopic (exact) mass is 462 g/mol. The van der Waals surface area contributed by atoms with Crippen LogP contribution in [0.25, 0.3) is 0 Å². The Hall–Kier alpha value is -1.78. The van der Waals surface area contributed by atoms with Crippen LogP contribution < -0.4 is 5.32 Å². The molecule has 1 aromatic heterocycles. The number of halogens is 3. The van der Waals surface area contributed by atoms with Gasteiger partial charge in [0.15, 0.2) is 15.7 Å². The third-order valence-electron chi connectivity index (χ3n) is 4.25. The molecule has 1 saturated heterocycles. The van der Waals surface area contributed by atoms with Crippen LogP contribution in [0, 0.1) is 17.0 Å². The molecule has 1 aromatic carbocycles. The number of hydrogen-bond donors (Lipinski definition) is 1. The minimum absolute atomic E-state index is 0.131. The van der Waals surface area contributed by atoms with Crippen LogP contribution in [-0.2, 0) is 21.6 Å². The Balaban J connectivity index is 1.88. The second kappa shape index (κ2) is 6.99. The summed E-state index contributed by atoms with van der Waals surface area (Å²) in [6.45, 7) is 2.32. The van der Waals surface area contributed by atoms with Gasteiger partial charge >= 0.3 is 0 Å². The third-order valence-corrected chi connectivity index (χ3v) is 6.89. The highest BCUT2D eigenvalue weighted by Gasteiger charge is 2.40. The smallest absolute Gasteiger partial charge is 0.275 e.